The van der Waals surface area contributed by atoms with Crippen LogP contribution < -0.4 is 10.6 Å². The summed E-state index contributed by atoms with van der Waals surface area (Å²) >= 11 is 0. The van der Waals surface area contributed by atoms with Gasteiger partial charge in [0.1, 0.15) is 0 Å². The number of Topliss-reactive ketones (excluding diaryl/α,β-unsaturated/α-hetero) is 1. The smallest absolute Gasteiger partial charge is 0.166 e. The van der Waals surface area contributed by atoms with E-state index in [9.17, 15) is 4.79 Å². The van der Waals surface area contributed by atoms with Gasteiger partial charge in [0.05, 0.1) is 13.2 Å². The first-order chi connectivity index (χ1) is 8.72. The van der Waals surface area contributed by atoms with Gasteiger partial charge in [-0.2, -0.15) is 0 Å². The van der Waals surface area contributed by atoms with Crippen LogP contribution in [0.5, 0.6) is 0 Å². The van der Waals surface area contributed by atoms with E-state index < -0.39 is 0 Å². The van der Waals surface area contributed by atoms with Gasteiger partial charge in [0, 0.05) is 30.8 Å². The molecule has 0 spiro atoms. The van der Waals surface area contributed by atoms with Crippen LogP contribution in [0.25, 0.3) is 0 Å². The number of morpholine rings is 1. The second kappa shape index (κ2) is 5.98. The Morgan fingerprint density at radius 3 is 2.78 bits per heavy atom. The Bertz CT molecular complexity index is 426. The van der Waals surface area contributed by atoms with Gasteiger partial charge >= 0.3 is 0 Å². The van der Waals surface area contributed by atoms with E-state index in [0.29, 0.717) is 13.0 Å². The minimum atomic E-state index is 0.127. The molecule has 1 fully saturated rings. The van der Waals surface area contributed by atoms with Gasteiger partial charge in [-0.1, -0.05) is 11.6 Å². The topological polar surface area (TPSA) is 55.6 Å². The van der Waals surface area contributed by atoms with Crippen molar-refractivity contribution < 1.29 is 9.53 Å². The molecule has 2 rings (SSSR count). The molecule has 1 aliphatic heterocycles. The maximum Gasteiger partial charge on any atom is 0.166 e. The average Bonchev–Trinajstić information content (AvgIpc) is 2.40. The summed E-state index contributed by atoms with van der Waals surface area (Å²) in [5.41, 5.74) is 8.39. The lowest BCUT2D eigenvalue weighted by Crippen LogP contribution is -2.37. The molecule has 0 aromatic heterocycles. The predicted molar refractivity (Wildman–Crippen MR) is 72.2 cm³/mol. The fourth-order valence-electron chi connectivity index (χ4n) is 2.22. The number of aryl methyl sites for hydroxylation is 1. The molecule has 0 bridgehead atoms. The summed E-state index contributed by atoms with van der Waals surface area (Å²) in [6.45, 7) is 5.52. The van der Waals surface area contributed by atoms with Crippen LogP contribution in [0.2, 0.25) is 0 Å². The zero-order valence-corrected chi connectivity index (χ0v) is 10.8. The SMILES string of the molecule is Cc1ccc(N2CCOCC2)c(C(=O)CCN)c1. The van der Waals surface area contributed by atoms with Crippen molar-refractivity contribution in [3.8, 4) is 0 Å². The molecule has 1 heterocycles. The molecule has 18 heavy (non-hydrogen) atoms. The van der Waals surface area contributed by atoms with Crippen LogP contribution in [0, 0.1) is 6.92 Å². The van der Waals surface area contributed by atoms with E-state index in [2.05, 4.69) is 4.90 Å². The quantitative estimate of drug-likeness (QED) is 0.818. The zero-order valence-electron chi connectivity index (χ0n) is 10.8. The highest BCUT2D eigenvalue weighted by Crippen LogP contribution is 2.24. The largest absolute Gasteiger partial charge is 0.378 e. The number of ether oxygens (including phenoxy) is 1. The highest BCUT2D eigenvalue weighted by Gasteiger charge is 2.18. The summed E-state index contributed by atoms with van der Waals surface area (Å²) in [5, 5.41) is 0. The van der Waals surface area contributed by atoms with Crippen molar-refractivity contribution in [1.29, 1.82) is 0 Å². The first-order valence-electron chi connectivity index (χ1n) is 6.39. The number of carbonyl (C=O) groups excluding carboxylic acids is 1. The number of hydrogen-bond donors (Lipinski definition) is 1. The summed E-state index contributed by atoms with van der Waals surface area (Å²) in [4.78, 5) is 14.3. The minimum absolute atomic E-state index is 0.127. The monoisotopic (exact) mass is 248 g/mol. The normalized spacial score (nSPS) is 15.8. The molecule has 4 nitrogen and oxygen atoms in total. The van der Waals surface area contributed by atoms with Crippen molar-refractivity contribution in [2.75, 3.05) is 37.7 Å². The molecule has 0 amide bonds. The van der Waals surface area contributed by atoms with Crippen LogP contribution in [0.4, 0.5) is 5.69 Å². The molecule has 4 heteroatoms. The molecule has 1 aromatic carbocycles. The standard InChI is InChI=1S/C14H20N2O2/c1-11-2-3-13(16-6-8-18-9-7-16)12(10-11)14(17)4-5-15/h2-3,10H,4-9,15H2,1H3. The maximum absolute atomic E-state index is 12.1. The predicted octanol–water partition coefficient (Wildman–Crippen LogP) is 1.36. The van der Waals surface area contributed by atoms with Crippen molar-refractivity contribution in [2.24, 2.45) is 5.73 Å². The molecule has 2 N–H and O–H groups in total. The van der Waals surface area contributed by atoms with E-state index in [1.807, 2.05) is 25.1 Å². The third kappa shape index (κ3) is 2.89. The van der Waals surface area contributed by atoms with Gasteiger partial charge in [0.15, 0.2) is 5.78 Å². The lowest BCUT2D eigenvalue weighted by atomic mass is 10.0. The van der Waals surface area contributed by atoms with Crippen molar-refractivity contribution in [3.63, 3.8) is 0 Å². The summed E-state index contributed by atoms with van der Waals surface area (Å²) in [6.07, 6.45) is 0.404. The fourth-order valence-corrected chi connectivity index (χ4v) is 2.22. The van der Waals surface area contributed by atoms with Gasteiger partial charge < -0.3 is 15.4 Å². The molecule has 0 radical (unpaired) electrons. The van der Waals surface area contributed by atoms with Crippen LogP contribution in [-0.4, -0.2) is 38.6 Å². The van der Waals surface area contributed by atoms with E-state index in [1.165, 1.54) is 0 Å². The van der Waals surface area contributed by atoms with Crippen LogP contribution in [0.15, 0.2) is 18.2 Å². The lowest BCUT2D eigenvalue weighted by Gasteiger charge is -2.30. The van der Waals surface area contributed by atoms with Crippen LogP contribution in [0.3, 0.4) is 0 Å². The molecule has 0 aliphatic carbocycles. The molecular weight excluding hydrogens is 228 g/mol. The second-order valence-electron chi connectivity index (χ2n) is 4.58. The number of rotatable bonds is 4. The van der Waals surface area contributed by atoms with E-state index in [4.69, 9.17) is 10.5 Å². The van der Waals surface area contributed by atoms with Gasteiger partial charge in [-0.15, -0.1) is 0 Å². The maximum atomic E-state index is 12.1. The Morgan fingerprint density at radius 1 is 1.39 bits per heavy atom. The summed E-state index contributed by atoms with van der Waals surface area (Å²) in [6, 6.07) is 6.04. The minimum Gasteiger partial charge on any atom is -0.378 e. The van der Waals surface area contributed by atoms with E-state index in [1.54, 1.807) is 0 Å². The van der Waals surface area contributed by atoms with Gasteiger partial charge in [0.25, 0.3) is 0 Å². The average molecular weight is 248 g/mol. The first kappa shape index (κ1) is 13.1. The highest BCUT2D eigenvalue weighted by molar-refractivity contribution is 6.01. The van der Waals surface area contributed by atoms with Crippen molar-refractivity contribution >= 4 is 11.5 Å². The Balaban J connectivity index is 2.30. The second-order valence-corrected chi connectivity index (χ2v) is 4.58. The zero-order chi connectivity index (χ0) is 13.0. The van der Waals surface area contributed by atoms with Gasteiger partial charge in [-0.3, -0.25) is 4.79 Å². The molecule has 0 unspecified atom stereocenters. The first-order valence-corrected chi connectivity index (χ1v) is 6.39. The molecular formula is C14H20N2O2. The van der Waals surface area contributed by atoms with E-state index in [-0.39, 0.29) is 5.78 Å². The molecule has 1 saturated heterocycles. The van der Waals surface area contributed by atoms with Crippen LogP contribution in [-0.2, 0) is 4.74 Å². The van der Waals surface area contributed by atoms with E-state index in [0.717, 1.165) is 43.1 Å². The number of benzene rings is 1. The number of ketones is 1. The van der Waals surface area contributed by atoms with E-state index >= 15 is 0 Å². The van der Waals surface area contributed by atoms with Gasteiger partial charge in [-0.25, -0.2) is 0 Å². The number of anilines is 1. The van der Waals surface area contributed by atoms with Crippen molar-refractivity contribution in [1.82, 2.24) is 0 Å². The number of hydrogen-bond acceptors (Lipinski definition) is 4. The van der Waals surface area contributed by atoms with Crippen molar-refractivity contribution in [3.05, 3.63) is 29.3 Å². The number of nitrogens with two attached hydrogens (primary N) is 1. The van der Waals surface area contributed by atoms with Gasteiger partial charge in [-0.05, 0) is 25.6 Å². The molecule has 0 atom stereocenters. The Morgan fingerprint density at radius 2 is 2.11 bits per heavy atom. The number of carbonyl (C=O) groups is 1. The third-order valence-corrected chi connectivity index (χ3v) is 3.18. The van der Waals surface area contributed by atoms with Crippen LogP contribution >= 0.6 is 0 Å². The Labute approximate surface area is 108 Å². The third-order valence-electron chi connectivity index (χ3n) is 3.18. The molecule has 98 valence electrons. The number of nitrogens with zero attached hydrogens (tertiary/aromatic N) is 1. The summed E-state index contributed by atoms with van der Waals surface area (Å²) < 4.78 is 5.35. The summed E-state index contributed by atoms with van der Waals surface area (Å²) in [5.74, 6) is 0.127. The summed E-state index contributed by atoms with van der Waals surface area (Å²) in [7, 11) is 0. The lowest BCUT2D eigenvalue weighted by molar-refractivity contribution is 0.0983. The Kier molecular flexibility index (Phi) is 4.33. The highest BCUT2D eigenvalue weighted by atomic mass is 16.5. The van der Waals surface area contributed by atoms with Gasteiger partial charge in [0.2, 0.25) is 0 Å². The molecule has 1 aromatic rings. The van der Waals surface area contributed by atoms with Crippen LogP contribution in [0.1, 0.15) is 22.3 Å². The fraction of sp³-hybridized carbons (Fsp3) is 0.500. The molecule has 1 aliphatic rings. The Hall–Kier alpha value is -1.39. The molecule has 0 saturated carbocycles. The van der Waals surface area contributed by atoms with Crippen molar-refractivity contribution in [2.45, 2.75) is 13.3 Å².